The lowest BCUT2D eigenvalue weighted by Crippen LogP contribution is -2.39. The predicted octanol–water partition coefficient (Wildman–Crippen LogP) is 4.72. The van der Waals surface area contributed by atoms with Crippen molar-refractivity contribution in [2.45, 2.75) is 45.8 Å². The molecule has 0 bridgehead atoms. The zero-order valence-electron chi connectivity index (χ0n) is 20.6. The summed E-state index contributed by atoms with van der Waals surface area (Å²) >= 11 is 0. The van der Waals surface area contributed by atoms with Crippen molar-refractivity contribution in [2.24, 2.45) is 0 Å². The van der Waals surface area contributed by atoms with Crippen molar-refractivity contribution < 1.29 is 0 Å². The minimum atomic E-state index is -0.447. The molecule has 2 atom stereocenters. The number of tetrazole rings is 1. The lowest BCUT2D eigenvalue weighted by Gasteiger charge is -2.33. The van der Waals surface area contributed by atoms with Gasteiger partial charge in [-0.1, -0.05) is 60.7 Å². The van der Waals surface area contributed by atoms with Gasteiger partial charge in [0.15, 0.2) is 5.82 Å². The van der Waals surface area contributed by atoms with Crippen molar-refractivity contribution in [2.75, 3.05) is 4.90 Å². The zero-order valence-corrected chi connectivity index (χ0v) is 20.6. The normalized spacial score (nSPS) is 15.9. The van der Waals surface area contributed by atoms with Crippen LogP contribution in [0.5, 0.6) is 0 Å². The van der Waals surface area contributed by atoms with Crippen LogP contribution in [-0.2, 0) is 13.0 Å². The first-order valence-corrected chi connectivity index (χ1v) is 12.3. The number of aromatic amines is 1. The molecule has 36 heavy (non-hydrogen) atoms. The van der Waals surface area contributed by atoms with E-state index in [0.717, 1.165) is 39.7 Å². The molecule has 7 nitrogen and oxygen atoms in total. The number of para-hydroxylation sites is 1. The molecule has 180 valence electrons. The third-order valence-corrected chi connectivity index (χ3v) is 7.39. The molecule has 3 aromatic carbocycles. The molecule has 5 aromatic rings. The molecule has 0 unspecified atom stereocenters. The summed E-state index contributed by atoms with van der Waals surface area (Å²) in [5.41, 5.74) is 7.10. The third-order valence-electron chi connectivity index (χ3n) is 7.39. The first-order valence-electron chi connectivity index (χ1n) is 12.3. The molecule has 6 rings (SSSR count). The third kappa shape index (κ3) is 3.68. The van der Waals surface area contributed by atoms with Crippen molar-refractivity contribution in [1.82, 2.24) is 25.2 Å². The molecular weight excluding hydrogens is 448 g/mol. The predicted molar refractivity (Wildman–Crippen MR) is 141 cm³/mol. The van der Waals surface area contributed by atoms with Crippen LogP contribution in [0.4, 0.5) is 5.69 Å². The van der Waals surface area contributed by atoms with E-state index >= 15 is 0 Å². The number of rotatable bonds is 5. The molecule has 3 heterocycles. The molecule has 1 aliphatic heterocycles. The van der Waals surface area contributed by atoms with Gasteiger partial charge in [0, 0.05) is 17.3 Å². The average molecular weight is 477 g/mol. The molecule has 0 radical (unpaired) electrons. The Kier molecular flexibility index (Phi) is 5.40. The summed E-state index contributed by atoms with van der Waals surface area (Å²) in [7, 11) is 0. The number of benzene rings is 3. The molecule has 0 fully saturated rings. The highest BCUT2D eigenvalue weighted by molar-refractivity contribution is 5.83. The SMILES string of the molecule is Cc1ccc2cc([C@@H](c3nnnn3Cc3ccccc3)N3c4ccccc4C[C@H]3C)c(=O)[nH]c2c1C. The van der Waals surface area contributed by atoms with E-state index < -0.39 is 6.04 Å². The van der Waals surface area contributed by atoms with Crippen molar-refractivity contribution in [3.8, 4) is 0 Å². The number of H-pyrrole nitrogens is 1. The standard InChI is InChI=1S/C29H28N6O/c1-18-13-14-23-16-24(29(36)30-26(23)20(18)3)27(35-19(2)15-22-11-7-8-12-25(22)35)28-31-32-33-34(28)17-21-9-5-4-6-10-21/h4-14,16,19,27H,15,17H2,1-3H3,(H,30,36)/t19-,27+/m1/s1. The number of nitrogens with one attached hydrogen (secondary N) is 1. The van der Waals surface area contributed by atoms with Crippen LogP contribution in [0.2, 0.25) is 0 Å². The summed E-state index contributed by atoms with van der Waals surface area (Å²) in [4.78, 5) is 19.2. The average Bonchev–Trinajstić information content (AvgIpc) is 3.47. The second kappa shape index (κ2) is 8.75. The summed E-state index contributed by atoms with van der Waals surface area (Å²) in [6, 6.07) is 24.4. The van der Waals surface area contributed by atoms with Crippen molar-refractivity contribution in [1.29, 1.82) is 0 Å². The van der Waals surface area contributed by atoms with Crippen LogP contribution in [0.25, 0.3) is 10.9 Å². The van der Waals surface area contributed by atoms with E-state index in [0.29, 0.717) is 17.9 Å². The minimum Gasteiger partial charge on any atom is -0.354 e. The fraction of sp³-hybridized carbons (Fsp3) is 0.241. The molecule has 0 saturated heterocycles. The summed E-state index contributed by atoms with van der Waals surface area (Å²) < 4.78 is 1.82. The Balaban J connectivity index is 1.56. The monoisotopic (exact) mass is 476 g/mol. The molecule has 0 spiro atoms. The van der Waals surface area contributed by atoms with Crippen LogP contribution in [-0.4, -0.2) is 31.2 Å². The van der Waals surface area contributed by atoms with Gasteiger partial charge in [0.2, 0.25) is 0 Å². The van der Waals surface area contributed by atoms with E-state index in [1.54, 1.807) is 0 Å². The maximum absolute atomic E-state index is 13.7. The highest BCUT2D eigenvalue weighted by atomic mass is 16.1. The van der Waals surface area contributed by atoms with E-state index in [9.17, 15) is 4.79 Å². The van der Waals surface area contributed by atoms with Crippen LogP contribution >= 0.6 is 0 Å². The van der Waals surface area contributed by atoms with Gasteiger partial charge in [-0.15, -0.1) is 5.10 Å². The molecule has 1 aliphatic rings. The quantitative estimate of drug-likeness (QED) is 0.397. The van der Waals surface area contributed by atoms with Crippen LogP contribution < -0.4 is 10.5 Å². The maximum Gasteiger partial charge on any atom is 0.254 e. The number of hydrogen-bond acceptors (Lipinski definition) is 5. The molecule has 0 aliphatic carbocycles. The molecule has 0 amide bonds. The Morgan fingerprint density at radius 1 is 1.03 bits per heavy atom. The van der Waals surface area contributed by atoms with E-state index in [-0.39, 0.29) is 11.6 Å². The topological polar surface area (TPSA) is 79.7 Å². The molecule has 2 aromatic heterocycles. The minimum absolute atomic E-state index is 0.118. The Morgan fingerprint density at radius 2 is 1.81 bits per heavy atom. The Labute approximate surface area is 209 Å². The summed E-state index contributed by atoms with van der Waals surface area (Å²) in [6.45, 7) is 6.82. The number of nitrogens with zero attached hydrogens (tertiary/aromatic N) is 5. The van der Waals surface area contributed by atoms with E-state index in [1.165, 1.54) is 5.56 Å². The molecule has 1 N–H and O–H groups in total. The van der Waals surface area contributed by atoms with Gasteiger partial charge in [0.1, 0.15) is 6.04 Å². The van der Waals surface area contributed by atoms with Gasteiger partial charge in [-0.3, -0.25) is 4.79 Å². The second-order valence-electron chi connectivity index (χ2n) is 9.70. The van der Waals surface area contributed by atoms with Crippen molar-refractivity contribution in [3.05, 3.63) is 117 Å². The second-order valence-corrected chi connectivity index (χ2v) is 9.70. The van der Waals surface area contributed by atoms with Crippen LogP contribution in [0.15, 0.2) is 77.6 Å². The van der Waals surface area contributed by atoms with E-state index in [2.05, 4.69) is 81.7 Å². The maximum atomic E-state index is 13.7. The van der Waals surface area contributed by atoms with Crippen LogP contribution in [0.1, 0.15) is 46.6 Å². The van der Waals surface area contributed by atoms with Gasteiger partial charge in [0.05, 0.1) is 12.1 Å². The summed E-state index contributed by atoms with van der Waals surface area (Å²) in [5.74, 6) is 0.649. The lowest BCUT2D eigenvalue weighted by molar-refractivity contribution is 0.544. The number of hydrogen-bond donors (Lipinski definition) is 1. The molecular formula is C29H28N6O. The number of fused-ring (bicyclic) bond motifs is 2. The van der Waals surface area contributed by atoms with Crippen molar-refractivity contribution >= 4 is 16.6 Å². The van der Waals surface area contributed by atoms with Gasteiger partial charge in [0.25, 0.3) is 5.56 Å². The number of aromatic nitrogens is 5. The number of aryl methyl sites for hydroxylation is 2. The number of anilines is 1. The first-order chi connectivity index (χ1) is 17.5. The fourth-order valence-corrected chi connectivity index (χ4v) is 5.42. The largest absolute Gasteiger partial charge is 0.354 e. The molecule has 7 heteroatoms. The van der Waals surface area contributed by atoms with Crippen molar-refractivity contribution in [3.63, 3.8) is 0 Å². The fourth-order valence-electron chi connectivity index (χ4n) is 5.42. The van der Waals surface area contributed by atoms with Gasteiger partial charge in [-0.05, 0) is 77.4 Å². The molecule has 0 saturated carbocycles. The Bertz CT molecular complexity index is 1620. The van der Waals surface area contributed by atoms with E-state index in [4.69, 9.17) is 0 Å². The van der Waals surface area contributed by atoms with Gasteiger partial charge >= 0.3 is 0 Å². The lowest BCUT2D eigenvalue weighted by atomic mass is 9.99. The number of pyridine rings is 1. The zero-order chi connectivity index (χ0) is 24.8. The van der Waals surface area contributed by atoms with E-state index in [1.807, 2.05) is 41.9 Å². The highest BCUT2D eigenvalue weighted by Crippen LogP contribution is 2.40. The van der Waals surface area contributed by atoms with Crippen LogP contribution in [0, 0.1) is 13.8 Å². The summed E-state index contributed by atoms with van der Waals surface area (Å²) in [6.07, 6.45) is 0.900. The Hall–Kier alpha value is -4.26. The van der Waals surface area contributed by atoms with Crippen LogP contribution in [0.3, 0.4) is 0 Å². The first kappa shape index (κ1) is 22.2. The highest BCUT2D eigenvalue weighted by Gasteiger charge is 2.37. The smallest absolute Gasteiger partial charge is 0.254 e. The van der Waals surface area contributed by atoms with Gasteiger partial charge in [-0.25, -0.2) is 4.68 Å². The summed E-state index contributed by atoms with van der Waals surface area (Å²) in [5, 5.41) is 13.9. The van der Waals surface area contributed by atoms with Gasteiger partial charge < -0.3 is 9.88 Å². The van der Waals surface area contributed by atoms with Gasteiger partial charge in [-0.2, -0.15) is 0 Å². The Morgan fingerprint density at radius 3 is 2.64 bits per heavy atom.